The van der Waals surface area contributed by atoms with Gasteiger partial charge in [0.15, 0.2) is 0 Å². The minimum atomic E-state index is -1.08. The van der Waals surface area contributed by atoms with Crippen LogP contribution in [0.15, 0.2) is 84.9 Å². The number of carbonyl (C=O) groups is 4. The molecule has 2 aliphatic heterocycles. The van der Waals surface area contributed by atoms with E-state index in [1.54, 1.807) is 23.9 Å². The number of rotatable bonds is 17. The Balaban J connectivity index is 0.953. The van der Waals surface area contributed by atoms with E-state index in [9.17, 15) is 29.4 Å². The van der Waals surface area contributed by atoms with Gasteiger partial charge in [-0.15, -0.1) is 0 Å². The highest BCUT2D eigenvalue weighted by Crippen LogP contribution is 2.33. The smallest absolute Gasteiger partial charge is 0.354 e. The summed E-state index contributed by atoms with van der Waals surface area (Å²) in [6.45, 7) is 9.11. The monoisotopic (exact) mass is 966 g/mol. The molecule has 2 aromatic carbocycles. The van der Waals surface area contributed by atoms with Crippen molar-refractivity contribution in [3.63, 3.8) is 0 Å². The molecule has 4 heterocycles. The molecule has 3 N–H and O–H groups in total. The Kier molecular flexibility index (Phi) is 22.1. The number of ether oxygens (including phenoxy) is 4. The molecule has 370 valence electrons. The molecule has 0 aliphatic carbocycles. The van der Waals surface area contributed by atoms with E-state index in [2.05, 4.69) is 44.2 Å². The number of benzene rings is 2. The van der Waals surface area contributed by atoms with Crippen LogP contribution < -0.4 is 10.2 Å². The summed E-state index contributed by atoms with van der Waals surface area (Å²) >= 11 is 1.79. The van der Waals surface area contributed by atoms with Crippen molar-refractivity contribution >= 4 is 52.9 Å². The number of aromatic carboxylic acids is 2. The van der Waals surface area contributed by atoms with Crippen LogP contribution in [0.3, 0.4) is 0 Å². The summed E-state index contributed by atoms with van der Waals surface area (Å²) in [7, 11) is 0. The number of thioether (sulfide) groups is 1. The number of hydrogen-bond acceptors (Lipinski definition) is 13. The third-order valence-corrected chi connectivity index (χ3v) is 12.9. The van der Waals surface area contributed by atoms with Gasteiger partial charge in [-0.1, -0.05) is 67.1 Å². The number of nitrogens with zero attached hydrogens (tertiary/aromatic N) is 5. The molecule has 0 radical (unpaired) electrons. The fourth-order valence-electron chi connectivity index (χ4n) is 8.02. The summed E-state index contributed by atoms with van der Waals surface area (Å²) in [5, 5.41) is 22.0. The van der Waals surface area contributed by atoms with Gasteiger partial charge in [0.1, 0.15) is 11.4 Å². The van der Waals surface area contributed by atoms with Crippen molar-refractivity contribution in [1.29, 1.82) is 0 Å². The van der Waals surface area contributed by atoms with Crippen molar-refractivity contribution in [1.82, 2.24) is 25.1 Å². The molecule has 1 saturated heterocycles. The number of amides is 2. The predicted octanol–water partition coefficient (Wildman–Crippen LogP) is 6.53. The van der Waals surface area contributed by atoms with E-state index < -0.39 is 11.9 Å². The third kappa shape index (κ3) is 18.1. The molecule has 0 spiro atoms. The molecule has 0 unspecified atom stereocenters. The van der Waals surface area contributed by atoms with E-state index in [-0.39, 0.29) is 42.1 Å². The van der Waals surface area contributed by atoms with Crippen LogP contribution in [-0.4, -0.2) is 150 Å². The molecular weight excluding hydrogens is 901 g/mol. The standard InChI is InChI=1S/C52H66N6O10S/c1-39-33-40-11-3-4-12-41(40)34-58(48-18-6-5-15-45(39)48)50(60)20-19-49(59)53-21-7-2-8-32-69-38-44-37-67-28-24-56(35-42-13-9-16-46(54-42)51(61)62)22-26-65-30-31-66-27-23-57(25-29-68-44)36-43-14-10-17-47(55-43)52(63)64/h3-6,9-18,33,44H,2,7-8,19-32,34-38H2,1H3,(H,53,59)(H,61,62)(H,63,64)/b39-33-/t44-/m0/s1. The minimum absolute atomic E-state index is 0.00207. The zero-order chi connectivity index (χ0) is 48.6. The maximum Gasteiger partial charge on any atom is 0.354 e. The molecule has 4 aromatic rings. The van der Waals surface area contributed by atoms with Crippen LogP contribution in [0, 0.1) is 0 Å². The van der Waals surface area contributed by atoms with Gasteiger partial charge >= 0.3 is 11.9 Å². The second-order valence-corrected chi connectivity index (χ2v) is 18.1. The molecule has 1 atom stereocenters. The number of allylic oxidation sites excluding steroid dienone is 1. The van der Waals surface area contributed by atoms with Crippen molar-refractivity contribution in [2.45, 2.75) is 64.8 Å². The lowest BCUT2D eigenvalue weighted by Gasteiger charge is -2.28. The number of hydrogen-bond donors (Lipinski definition) is 3. The fraction of sp³-hybridized carbons (Fsp3) is 0.462. The quantitative estimate of drug-likeness (QED) is 0.0967. The molecule has 69 heavy (non-hydrogen) atoms. The molecule has 0 bridgehead atoms. The molecule has 17 heteroatoms. The summed E-state index contributed by atoms with van der Waals surface area (Å²) in [4.78, 5) is 64.4. The van der Waals surface area contributed by atoms with E-state index in [0.717, 1.165) is 53.0 Å². The zero-order valence-corrected chi connectivity index (χ0v) is 40.4. The van der Waals surface area contributed by atoms with Crippen molar-refractivity contribution in [2.24, 2.45) is 0 Å². The first-order valence-electron chi connectivity index (χ1n) is 23.8. The topological polar surface area (TPSA) is 193 Å². The average Bonchev–Trinajstić information content (AvgIpc) is 3.34. The van der Waals surface area contributed by atoms with Gasteiger partial charge in [-0.25, -0.2) is 19.6 Å². The Labute approximate surface area is 409 Å². The van der Waals surface area contributed by atoms with E-state index in [0.29, 0.717) is 116 Å². The normalized spacial score (nSPS) is 18.0. The second-order valence-electron chi connectivity index (χ2n) is 17.0. The van der Waals surface area contributed by atoms with Crippen molar-refractivity contribution in [3.05, 3.63) is 124 Å². The van der Waals surface area contributed by atoms with E-state index >= 15 is 0 Å². The number of unbranched alkanes of at least 4 members (excludes halogenated alkanes) is 2. The summed E-state index contributed by atoms with van der Waals surface area (Å²) in [6, 6.07) is 26.0. The number of anilines is 1. The first-order valence-corrected chi connectivity index (χ1v) is 25.0. The largest absolute Gasteiger partial charge is 0.477 e. The van der Waals surface area contributed by atoms with Crippen LogP contribution in [0.25, 0.3) is 11.6 Å². The summed E-state index contributed by atoms with van der Waals surface area (Å²) in [5.74, 6) is -0.745. The van der Waals surface area contributed by atoms with Crippen LogP contribution in [0.2, 0.25) is 0 Å². The molecular formula is C52H66N6O10S. The van der Waals surface area contributed by atoms with Crippen molar-refractivity contribution in [2.75, 3.05) is 95.4 Å². The molecule has 2 aromatic heterocycles. The summed E-state index contributed by atoms with van der Waals surface area (Å²) in [6.07, 6.45) is 4.93. The lowest BCUT2D eigenvalue weighted by molar-refractivity contribution is -0.125. The lowest BCUT2D eigenvalue weighted by atomic mass is 9.96. The van der Waals surface area contributed by atoms with Gasteiger partial charge in [0, 0.05) is 70.0 Å². The molecule has 2 aliphatic rings. The average molecular weight is 967 g/mol. The summed E-state index contributed by atoms with van der Waals surface area (Å²) < 4.78 is 24.5. The van der Waals surface area contributed by atoms with E-state index in [1.807, 2.05) is 59.5 Å². The Morgan fingerprint density at radius 2 is 1.32 bits per heavy atom. The number of carboxylic acids is 2. The number of pyridine rings is 2. The highest BCUT2D eigenvalue weighted by molar-refractivity contribution is 7.99. The predicted molar refractivity (Wildman–Crippen MR) is 266 cm³/mol. The maximum absolute atomic E-state index is 13.7. The lowest BCUT2D eigenvalue weighted by Crippen LogP contribution is -2.35. The molecule has 0 saturated carbocycles. The van der Waals surface area contributed by atoms with Gasteiger partial charge in [0.25, 0.3) is 0 Å². The van der Waals surface area contributed by atoms with Gasteiger partial charge in [0.05, 0.1) is 76.0 Å². The van der Waals surface area contributed by atoms with Crippen LogP contribution in [-0.2, 0) is 48.2 Å². The Hall–Kier alpha value is -5.53. The minimum Gasteiger partial charge on any atom is -0.477 e. The third-order valence-electron chi connectivity index (χ3n) is 11.7. The SMILES string of the molecule is C/C1=C/c2ccccc2CN(C(=O)CCC(=O)NCCCCCSC[C@@H]2COCCN(Cc3cccc(C(=O)O)n3)CCOCCOCCN(Cc3cccc(C(=O)O)n3)CCO2)c2ccccc21. The first kappa shape index (κ1) is 52.8. The van der Waals surface area contributed by atoms with Gasteiger partial charge in [-0.3, -0.25) is 19.4 Å². The van der Waals surface area contributed by atoms with Crippen LogP contribution in [0.1, 0.15) is 88.1 Å². The summed E-state index contributed by atoms with van der Waals surface area (Å²) in [5.41, 5.74) is 6.38. The van der Waals surface area contributed by atoms with Gasteiger partial charge in [-0.05, 0) is 72.6 Å². The number of aromatic nitrogens is 2. The number of fused-ring (bicyclic) bond motifs is 2. The van der Waals surface area contributed by atoms with Crippen molar-refractivity contribution in [3.8, 4) is 0 Å². The van der Waals surface area contributed by atoms with Crippen LogP contribution in [0.5, 0.6) is 0 Å². The molecule has 16 nitrogen and oxygen atoms in total. The zero-order valence-electron chi connectivity index (χ0n) is 39.6. The number of carbonyl (C=O) groups excluding carboxylic acids is 2. The Bertz CT molecular complexity index is 2320. The van der Waals surface area contributed by atoms with Crippen LogP contribution >= 0.6 is 11.8 Å². The highest BCUT2D eigenvalue weighted by atomic mass is 32.2. The maximum atomic E-state index is 13.7. The second kappa shape index (κ2) is 28.8. The van der Waals surface area contributed by atoms with E-state index in [1.165, 1.54) is 12.1 Å². The highest BCUT2D eigenvalue weighted by Gasteiger charge is 2.23. The first-order chi connectivity index (χ1) is 33.6. The number of para-hydroxylation sites is 1. The fourth-order valence-corrected chi connectivity index (χ4v) is 9.06. The number of carboxylic acid groups (broad SMARTS) is 2. The number of nitrogens with one attached hydrogen (secondary N) is 1. The Morgan fingerprint density at radius 3 is 2.00 bits per heavy atom. The van der Waals surface area contributed by atoms with Gasteiger partial charge in [-0.2, -0.15) is 11.8 Å². The molecule has 6 rings (SSSR count). The van der Waals surface area contributed by atoms with Crippen LogP contribution in [0.4, 0.5) is 5.69 Å². The Morgan fingerprint density at radius 1 is 0.696 bits per heavy atom. The molecule has 1 fully saturated rings. The van der Waals surface area contributed by atoms with E-state index in [4.69, 9.17) is 18.9 Å². The van der Waals surface area contributed by atoms with Gasteiger partial charge in [0.2, 0.25) is 11.8 Å². The molecule has 2 amide bonds. The van der Waals surface area contributed by atoms with Crippen molar-refractivity contribution < 1.29 is 48.3 Å². The van der Waals surface area contributed by atoms with Gasteiger partial charge < -0.3 is 39.4 Å².